The molecular formula is C11H16O6. The summed E-state index contributed by atoms with van der Waals surface area (Å²) in [6, 6.07) is 0. The third kappa shape index (κ3) is 4.52. The smallest absolute Gasteiger partial charge is 0.305 e. The summed E-state index contributed by atoms with van der Waals surface area (Å²) in [7, 11) is 1.34. The summed E-state index contributed by atoms with van der Waals surface area (Å²) in [5.74, 6) is -0.778. The van der Waals surface area contributed by atoms with Crippen molar-refractivity contribution in [1.29, 1.82) is 0 Å². The second-order valence-corrected chi connectivity index (χ2v) is 3.82. The molecule has 1 saturated heterocycles. The fourth-order valence-corrected chi connectivity index (χ4v) is 1.59. The molecule has 0 saturated carbocycles. The van der Waals surface area contributed by atoms with Gasteiger partial charge >= 0.3 is 11.9 Å². The predicted octanol–water partition coefficient (Wildman–Crippen LogP) is 0.228. The fraction of sp³-hybridized carbons (Fsp3) is 0.727. The molecule has 0 aromatic carbocycles. The Morgan fingerprint density at radius 1 is 1.47 bits per heavy atom. The number of hydrogen-bond acceptors (Lipinski definition) is 6. The lowest BCUT2D eigenvalue weighted by Gasteiger charge is -2.06. The highest BCUT2D eigenvalue weighted by Gasteiger charge is 2.46. The Balaban J connectivity index is 2.21. The van der Waals surface area contributed by atoms with Gasteiger partial charge in [-0.05, 0) is 12.8 Å². The zero-order valence-corrected chi connectivity index (χ0v) is 9.88. The molecule has 0 spiro atoms. The molecule has 1 aliphatic rings. The summed E-state index contributed by atoms with van der Waals surface area (Å²) < 4.78 is 14.5. The van der Waals surface area contributed by atoms with Crippen molar-refractivity contribution in [1.82, 2.24) is 0 Å². The monoisotopic (exact) mass is 244 g/mol. The molecule has 96 valence electrons. The number of methoxy groups -OCH3 is 1. The second-order valence-electron chi connectivity index (χ2n) is 3.82. The maximum atomic E-state index is 10.8. The average Bonchev–Trinajstić information content (AvgIpc) is 3.04. The molecule has 0 bridgehead atoms. The third-order valence-electron chi connectivity index (χ3n) is 2.48. The van der Waals surface area contributed by atoms with E-state index < -0.39 is 12.1 Å². The van der Waals surface area contributed by atoms with Gasteiger partial charge in [-0.15, -0.1) is 0 Å². The highest BCUT2D eigenvalue weighted by atomic mass is 16.6. The van der Waals surface area contributed by atoms with Crippen molar-refractivity contribution in [2.24, 2.45) is 0 Å². The van der Waals surface area contributed by atoms with Crippen LogP contribution in [0.1, 0.15) is 26.2 Å². The number of aldehydes is 1. The molecule has 0 aromatic rings. The van der Waals surface area contributed by atoms with Gasteiger partial charge in [0.15, 0.2) is 12.4 Å². The number of hydrogen-bond donors (Lipinski definition) is 0. The number of carbonyl (C=O) groups excluding carboxylic acids is 3. The summed E-state index contributed by atoms with van der Waals surface area (Å²) in [4.78, 5) is 32.2. The largest absolute Gasteiger partial charge is 0.469 e. The van der Waals surface area contributed by atoms with Gasteiger partial charge in [-0.1, -0.05) is 0 Å². The Bertz CT molecular complexity index is 300. The van der Waals surface area contributed by atoms with Crippen LogP contribution in [0.25, 0.3) is 0 Å². The minimum absolute atomic E-state index is 0.116. The first-order valence-electron chi connectivity index (χ1n) is 5.43. The lowest BCUT2D eigenvalue weighted by Crippen LogP contribution is -2.25. The summed E-state index contributed by atoms with van der Waals surface area (Å²) >= 11 is 0. The number of rotatable bonds is 7. The first-order chi connectivity index (χ1) is 8.08. The second kappa shape index (κ2) is 6.34. The van der Waals surface area contributed by atoms with Crippen molar-refractivity contribution in [3.05, 3.63) is 0 Å². The van der Waals surface area contributed by atoms with E-state index >= 15 is 0 Å². The van der Waals surface area contributed by atoms with Crippen LogP contribution in [-0.2, 0) is 28.6 Å². The van der Waals surface area contributed by atoms with Crippen molar-refractivity contribution in [3.63, 3.8) is 0 Å². The number of ether oxygens (including phenoxy) is 3. The van der Waals surface area contributed by atoms with Crippen molar-refractivity contribution < 1.29 is 28.6 Å². The minimum Gasteiger partial charge on any atom is -0.469 e. The maximum absolute atomic E-state index is 10.8. The fourth-order valence-electron chi connectivity index (χ4n) is 1.59. The zero-order valence-electron chi connectivity index (χ0n) is 9.88. The van der Waals surface area contributed by atoms with E-state index in [1.807, 2.05) is 0 Å². The molecule has 1 heterocycles. The van der Waals surface area contributed by atoms with E-state index in [9.17, 15) is 14.4 Å². The molecule has 1 rings (SSSR count). The number of esters is 2. The summed E-state index contributed by atoms with van der Waals surface area (Å²) in [5, 5.41) is 0. The summed E-state index contributed by atoms with van der Waals surface area (Å²) in [6.07, 6.45) is 0.832. The zero-order chi connectivity index (χ0) is 12.8. The van der Waals surface area contributed by atoms with Crippen LogP contribution in [0.2, 0.25) is 0 Å². The van der Waals surface area contributed by atoms with Gasteiger partial charge in [0.05, 0.1) is 13.2 Å². The van der Waals surface area contributed by atoms with Gasteiger partial charge in [-0.3, -0.25) is 14.4 Å². The summed E-state index contributed by atoms with van der Waals surface area (Å²) in [6.45, 7) is 1.24. The van der Waals surface area contributed by atoms with Gasteiger partial charge in [0.2, 0.25) is 0 Å². The van der Waals surface area contributed by atoms with Crippen LogP contribution in [0.3, 0.4) is 0 Å². The Hall–Kier alpha value is -1.43. The molecule has 6 nitrogen and oxygen atoms in total. The van der Waals surface area contributed by atoms with Crippen molar-refractivity contribution in [2.45, 2.75) is 44.5 Å². The molecule has 3 atom stereocenters. The first kappa shape index (κ1) is 13.6. The lowest BCUT2D eigenvalue weighted by molar-refractivity contribution is -0.150. The summed E-state index contributed by atoms with van der Waals surface area (Å²) in [5.41, 5.74) is 0. The van der Waals surface area contributed by atoms with Crippen molar-refractivity contribution >= 4 is 18.2 Å². The molecule has 0 radical (unpaired) electrons. The van der Waals surface area contributed by atoms with Gasteiger partial charge in [0.25, 0.3) is 0 Å². The Kier molecular flexibility index (Phi) is 5.09. The molecular weight excluding hydrogens is 228 g/mol. The quantitative estimate of drug-likeness (QED) is 0.362. The van der Waals surface area contributed by atoms with Crippen LogP contribution in [0.15, 0.2) is 0 Å². The number of epoxide rings is 1. The van der Waals surface area contributed by atoms with Crippen LogP contribution in [0, 0.1) is 0 Å². The molecule has 0 aromatic heterocycles. The van der Waals surface area contributed by atoms with E-state index in [0.29, 0.717) is 25.5 Å². The van der Waals surface area contributed by atoms with E-state index in [4.69, 9.17) is 9.47 Å². The SMILES string of the molecule is COC(=O)CCCC1OC1C(C=O)OC(C)=O. The Labute approximate surface area is 99.2 Å². The lowest BCUT2D eigenvalue weighted by atomic mass is 10.1. The van der Waals surface area contributed by atoms with Crippen LogP contribution < -0.4 is 0 Å². The van der Waals surface area contributed by atoms with Gasteiger partial charge in [-0.25, -0.2) is 0 Å². The standard InChI is InChI=1S/C11H16O6/c1-7(13)16-9(6-12)11-8(17-11)4-3-5-10(14)15-2/h6,8-9,11H,3-5H2,1-2H3. The first-order valence-corrected chi connectivity index (χ1v) is 5.43. The van der Waals surface area contributed by atoms with E-state index in [-0.39, 0.29) is 18.2 Å². The third-order valence-corrected chi connectivity index (χ3v) is 2.48. The molecule has 3 unspecified atom stereocenters. The molecule has 0 aliphatic carbocycles. The van der Waals surface area contributed by atoms with Crippen LogP contribution in [0.5, 0.6) is 0 Å². The molecule has 1 aliphatic heterocycles. The highest BCUT2D eigenvalue weighted by molar-refractivity contribution is 5.70. The van der Waals surface area contributed by atoms with E-state index in [0.717, 1.165) is 0 Å². The van der Waals surface area contributed by atoms with Crippen LogP contribution >= 0.6 is 0 Å². The van der Waals surface area contributed by atoms with Gasteiger partial charge in [0.1, 0.15) is 6.10 Å². The Morgan fingerprint density at radius 3 is 2.71 bits per heavy atom. The highest BCUT2D eigenvalue weighted by Crippen LogP contribution is 2.30. The van der Waals surface area contributed by atoms with Crippen molar-refractivity contribution in [2.75, 3.05) is 7.11 Å². The molecule has 6 heteroatoms. The van der Waals surface area contributed by atoms with E-state index in [2.05, 4.69) is 4.74 Å². The molecule has 0 N–H and O–H groups in total. The molecule has 17 heavy (non-hydrogen) atoms. The predicted molar refractivity (Wildman–Crippen MR) is 56.1 cm³/mol. The van der Waals surface area contributed by atoms with Crippen LogP contribution in [-0.4, -0.2) is 43.6 Å². The van der Waals surface area contributed by atoms with Gasteiger partial charge < -0.3 is 14.2 Å². The van der Waals surface area contributed by atoms with Gasteiger partial charge in [0, 0.05) is 13.3 Å². The molecule has 1 fully saturated rings. The van der Waals surface area contributed by atoms with E-state index in [1.165, 1.54) is 14.0 Å². The minimum atomic E-state index is -0.837. The topological polar surface area (TPSA) is 82.2 Å². The average molecular weight is 244 g/mol. The van der Waals surface area contributed by atoms with Crippen LogP contribution in [0.4, 0.5) is 0 Å². The van der Waals surface area contributed by atoms with Gasteiger partial charge in [-0.2, -0.15) is 0 Å². The maximum Gasteiger partial charge on any atom is 0.305 e. The Morgan fingerprint density at radius 2 is 2.18 bits per heavy atom. The normalized spacial score (nSPS) is 23.6. The van der Waals surface area contributed by atoms with Crippen molar-refractivity contribution in [3.8, 4) is 0 Å². The molecule has 0 amide bonds. The number of carbonyl (C=O) groups is 3. The van der Waals surface area contributed by atoms with E-state index in [1.54, 1.807) is 0 Å².